The number of benzene rings is 7. The van der Waals surface area contributed by atoms with Gasteiger partial charge in [-0.2, -0.15) is 0 Å². The van der Waals surface area contributed by atoms with Gasteiger partial charge in [-0.3, -0.25) is 9.97 Å². The number of pyridine rings is 2. The van der Waals surface area contributed by atoms with E-state index in [-0.39, 0.29) is 25.7 Å². The van der Waals surface area contributed by atoms with E-state index in [1.807, 2.05) is 66.9 Å². The summed E-state index contributed by atoms with van der Waals surface area (Å²) in [5.74, 6) is 0.776. The van der Waals surface area contributed by atoms with Gasteiger partial charge in [0.15, 0.2) is 0 Å². The summed E-state index contributed by atoms with van der Waals surface area (Å²) in [4.78, 5) is 14.1. The Morgan fingerprint density at radius 2 is 1.39 bits per heavy atom. The Bertz CT molecular complexity index is 3230. The number of nitrogens with zero attached hydrogens (tertiary/aromatic N) is 4. The molecule has 4 aromatic heterocycles. The van der Waals surface area contributed by atoms with E-state index >= 15 is 0 Å². The Morgan fingerprint density at radius 1 is 0.611 bits per heavy atom. The minimum atomic E-state index is -2.09. The number of aryl methyl sites for hydroxylation is 1. The van der Waals surface area contributed by atoms with Crippen LogP contribution < -0.4 is 0 Å². The van der Waals surface area contributed by atoms with Gasteiger partial charge in [0.2, 0.25) is 0 Å². The van der Waals surface area contributed by atoms with E-state index in [1.54, 1.807) is 18.2 Å². The van der Waals surface area contributed by atoms with Crippen molar-refractivity contribution in [3.05, 3.63) is 182 Å². The van der Waals surface area contributed by atoms with Crippen molar-refractivity contribution in [3.8, 4) is 28.3 Å². The molecule has 0 saturated heterocycles. The molecule has 7 aromatic carbocycles. The minimum absolute atomic E-state index is 0. The Balaban J connectivity index is 0.000000210. The first kappa shape index (κ1) is 30.0. The van der Waals surface area contributed by atoms with Crippen molar-refractivity contribution in [2.75, 3.05) is 0 Å². The molecule has 0 N–H and O–H groups in total. The van der Waals surface area contributed by atoms with Crippen LogP contribution in [0.3, 0.4) is 0 Å². The fourth-order valence-electron chi connectivity index (χ4n) is 7.23. The third-order valence-corrected chi connectivity index (χ3v) is 9.69. The van der Waals surface area contributed by atoms with Gasteiger partial charge in [-0.05, 0) is 52.5 Å². The summed E-state index contributed by atoms with van der Waals surface area (Å²) < 4.78 is 30.7. The normalized spacial score (nSPS) is 12.3. The first-order valence-corrected chi connectivity index (χ1v) is 17.4. The van der Waals surface area contributed by atoms with Crippen molar-refractivity contribution >= 4 is 65.4 Å². The maximum atomic E-state index is 7.23. The van der Waals surface area contributed by atoms with E-state index < -0.39 is 6.85 Å². The quantitative estimate of drug-likeness (QED) is 0.131. The molecule has 0 bridgehead atoms. The Kier molecular flexibility index (Phi) is 7.70. The van der Waals surface area contributed by atoms with Gasteiger partial charge in [0.25, 0.3) is 0 Å². The third-order valence-electron chi connectivity index (χ3n) is 9.69. The van der Waals surface area contributed by atoms with Crippen molar-refractivity contribution < 1.29 is 28.6 Å². The number of furan rings is 1. The summed E-state index contributed by atoms with van der Waals surface area (Å²) in [5, 5.41) is 7.82. The summed E-state index contributed by atoms with van der Waals surface area (Å²) in [6, 6.07) is 57.0. The maximum absolute atomic E-state index is 7.23. The van der Waals surface area contributed by atoms with E-state index in [1.165, 1.54) is 17.0 Å². The van der Waals surface area contributed by atoms with Gasteiger partial charge in [0.05, 0.1) is 34.2 Å². The van der Waals surface area contributed by atoms with Crippen LogP contribution in [0.1, 0.15) is 9.68 Å². The molecule has 5 nitrogen and oxygen atoms in total. The van der Waals surface area contributed by atoms with Crippen LogP contribution in [0, 0.1) is 19.0 Å². The van der Waals surface area contributed by atoms with Crippen LogP contribution in [0.2, 0.25) is 0 Å². The number of hydrogen-bond donors (Lipinski definition) is 0. The van der Waals surface area contributed by atoms with E-state index in [0.29, 0.717) is 0 Å². The average Bonchev–Trinajstić information content (AvgIpc) is 3.84. The smallest absolute Gasteiger partial charge is 0.129 e. The van der Waals surface area contributed by atoms with Gasteiger partial charge in [-0.25, -0.2) is 0 Å². The maximum Gasteiger partial charge on any atom is 0.129 e. The summed E-state index contributed by atoms with van der Waals surface area (Å²) in [6.07, 6.45) is 3.31. The average molecular weight is 874 g/mol. The molecule has 11 rings (SSSR count). The van der Waals surface area contributed by atoms with Crippen LogP contribution in [0.25, 0.3) is 93.8 Å². The number of aromatic nitrogens is 4. The number of fused-ring (bicyclic) bond motifs is 10. The largest absolute Gasteiger partial charge is 0.500 e. The van der Waals surface area contributed by atoms with Gasteiger partial charge in [-0.1, -0.05) is 108 Å². The zero-order valence-electron chi connectivity index (χ0n) is 31.6. The molecule has 0 unspecified atom stereocenters. The first-order chi connectivity index (χ1) is 27.4. The second-order valence-electron chi connectivity index (χ2n) is 12.8. The second kappa shape index (κ2) is 13.8. The summed E-state index contributed by atoms with van der Waals surface area (Å²) in [6.45, 7) is -2.09. The minimum Gasteiger partial charge on any atom is -0.500 e. The Hall–Kier alpha value is -6.46. The van der Waals surface area contributed by atoms with Crippen LogP contribution in [0.15, 0.2) is 168 Å². The van der Waals surface area contributed by atoms with Crippen LogP contribution in [0.5, 0.6) is 0 Å². The summed E-state index contributed by atoms with van der Waals surface area (Å²) >= 11 is 0. The Morgan fingerprint density at radius 3 is 2.22 bits per heavy atom. The standard InChI is InChI=1S/C36H20N3O.C12H10N.Ir/c1-2-10-24(11-3-1)39-31-21-37-30-16-7-6-13-28(30)33(31)38-36(39)29-15-8-14-26-27-20-19-23-18-17-22-9-4-5-12-25(22)32(23)35(27)40-34(26)29;1-10-7-8-12(13-9-10)11-5-3-2-4-6-11;/h1-14,16-21H;2-5,7-9H,1H3;/q2*-1;/i;1D3;. The molecule has 6 heteroatoms. The number of para-hydroxylation sites is 2. The van der Waals surface area contributed by atoms with Crippen molar-refractivity contribution in [2.24, 2.45) is 0 Å². The first-order valence-electron chi connectivity index (χ1n) is 18.9. The number of imidazole rings is 1. The van der Waals surface area contributed by atoms with Crippen LogP contribution in [0.4, 0.5) is 0 Å². The van der Waals surface area contributed by atoms with Crippen molar-refractivity contribution in [1.82, 2.24) is 19.5 Å². The SMILES string of the molecule is [2H]C([2H])([2H])c1ccc(-c2[c-]cccc2)nc1.[Ir].[c-]1ccc2c(oc3c2ccc2ccc4ccccc4c23)c1-c1nc2c3ccccc3ncc2n1-c1ccccc1. The van der Waals surface area contributed by atoms with Gasteiger partial charge >= 0.3 is 0 Å². The monoisotopic (exact) mass is 874 g/mol. The van der Waals surface area contributed by atoms with Gasteiger partial charge in [0.1, 0.15) is 5.58 Å². The fraction of sp³-hybridized carbons (Fsp3) is 0.0208. The van der Waals surface area contributed by atoms with E-state index in [9.17, 15) is 0 Å². The molecule has 0 aliphatic carbocycles. The van der Waals surface area contributed by atoms with Gasteiger partial charge < -0.3 is 14.0 Å². The molecule has 0 saturated carbocycles. The number of rotatable bonds is 3. The predicted octanol–water partition coefficient (Wildman–Crippen LogP) is 12.1. The zero-order valence-corrected chi connectivity index (χ0v) is 31.0. The van der Waals surface area contributed by atoms with Crippen LogP contribution in [-0.4, -0.2) is 19.5 Å². The molecule has 0 amide bonds. The van der Waals surface area contributed by atoms with E-state index in [4.69, 9.17) is 18.5 Å². The number of hydrogen-bond acceptors (Lipinski definition) is 4. The molecule has 0 fully saturated rings. The molecule has 0 aliphatic heterocycles. The molecule has 259 valence electrons. The zero-order chi connectivity index (χ0) is 37.8. The predicted molar refractivity (Wildman–Crippen MR) is 216 cm³/mol. The van der Waals surface area contributed by atoms with Gasteiger partial charge in [-0.15, -0.1) is 54.1 Å². The van der Waals surface area contributed by atoms with Crippen molar-refractivity contribution in [3.63, 3.8) is 0 Å². The van der Waals surface area contributed by atoms with Crippen molar-refractivity contribution in [1.29, 1.82) is 0 Å². The molecule has 0 atom stereocenters. The molecule has 0 aliphatic rings. The van der Waals surface area contributed by atoms with E-state index in [0.717, 1.165) is 83.0 Å². The second-order valence-corrected chi connectivity index (χ2v) is 12.8. The topological polar surface area (TPSA) is 56.7 Å². The van der Waals surface area contributed by atoms with Crippen LogP contribution >= 0.6 is 0 Å². The summed E-state index contributed by atoms with van der Waals surface area (Å²) in [5.41, 5.74) is 8.12. The molecular formula is C48H30IrN4O-2. The molecule has 54 heavy (non-hydrogen) atoms. The molecule has 0 spiro atoms. The third kappa shape index (κ3) is 5.64. The van der Waals surface area contributed by atoms with Crippen molar-refractivity contribution in [2.45, 2.75) is 6.85 Å². The molecule has 11 aromatic rings. The summed E-state index contributed by atoms with van der Waals surface area (Å²) in [7, 11) is 0. The van der Waals surface area contributed by atoms with E-state index in [2.05, 4.69) is 94.5 Å². The Labute approximate surface area is 329 Å². The molecule has 1 radical (unpaired) electrons. The van der Waals surface area contributed by atoms with Crippen LogP contribution in [-0.2, 0) is 20.1 Å². The molecule has 4 heterocycles. The molecular weight excluding hydrogens is 841 g/mol. The fourth-order valence-corrected chi connectivity index (χ4v) is 7.23. The van der Waals surface area contributed by atoms with Gasteiger partial charge in [0, 0.05) is 52.3 Å².